The molecule has 0 saturated carbocycles. The lowest BCUT2D eigenvalue weighted by molar-refractivity contribution is -0.394. The molecule has 0 spiro atoms. The average Bonchev–Trinajstić information content (AvgIpc) is 2.68. The van der Waals surface area contributed by atoms with E-state index in [1.807, 2.05) is 11.0 Å². The zero-order chi connectivity index (χ0) is 20.3. The summed E-state index contributed by atoms with van der Waals surface area (Å²) in [6.07, 6.45) is 0. The minimum absolute atomic E-state index is 0.234. The van der Waals surface area contributed by atoms with E-state index in [1.165, 1.54) is 0 Å². The van der Waals surface area contributed by atoms with Gasteiger partial charge in [0.1, 0.15) is 11.3 Å². The van der Waals surface area contributed by atoms with Gasteiger partial charge in [-0.1, -0.05) is 6.07 Å². The van der Waals surface area contributed by atoms with E-state index in [2.05, 4.69) is 0 Å². The van der Waals surface area contributed by atoms with Crippen molar-refractivity contribution in [3.8, 4) is 11.5 Å². The standard InChI is InChI=1S/C17H15N3O8/c21-17(22)13-9-16(15(20(25)26)10-14(13)19(23)24)28-12-3-1-2-11(8-12)18-4-6-27-7-5-18/h1-3,8-10H,4-7H2,(H,21,22). The first-order valence-electron chi connectivity index (χ1n) is 8.17. The molecule has 2 aromatic rings. The van der Waals surface area contributed by atoms with Crippen molar-refractivity contribution in [2.45, 2.75) is 0 Å². The Kier molecular flexibility index (Phi) is 5.36. The molecule has 1 aliphatic heterocycles. The minimum atomic E-state index is -1.59. The molecular weight excluding hydrogens is 374 g/mol. The summed E-state index contributed by atoms with van der Waals surface area (Å²) >= 11 is 0. The number of rotatable bonds is 6. The SMILES string of the molecule is O=C(O)c1cc(Oc2cccc(N3CCOCC3)c2)c([N+](=O)[O-])cc1[N+](=O)[O-]. The number of carbonyl (C=O) groups is 1. The van der Waals surface area contributed by atoms with Gasteiger partial charge >= 0.3 is 11.7 Å². The van der Waals surface area contributed by atoms with Crippen LogP contribution in [0.3, 0.4) is 0 Å². The Bertz CT molecular complexity index is 940. The van der Waals surface area contributed by atoms with Crippen molar-refractivity contribution in [1.29, 1.82) is 0 Å². The molecule has 0 bridgehead atoms. The van der Waals surface area contributed by atoms with Gasteiger partial charge in [0.2, 0.25) is 5.75 Å². The lowest BCUT2D eigenvalue weighted by Gasteiger charge is -2.29. The zero-order valence-corrected chi connectivity index (χ0v) is 14.4. The molecule has 146 valence electrons. The highest BCUT2D eigenvalue weighted by molar-refractivity contribution is 5.94. The van der Waals surface area contributed by atoms with Crippen molar-refractivity contribution in [3.63, 3.8) is 0 Å². The summed E-state index contributed by atoms with van der Waals surface area (Å²) in [6, 6.07) is 8.11. The molecule has 2 aromatic carbocycles. The number of hydrogen-bond acceptors (Lipinski definition) is 8. The highest BCUT2D eigenvalue weighted by atomic mass is 16.6. The second-order valence-electron chi connectivity index (χ2n) is 5.86. The maximum atomic E-state index is 11.3. The fourth-order valence-corrected chi connectivity index (χ4v) is 2.80. The molecule has 1 N–H and O–H groups in total. The van der Waals surface area contributed by atoms with Crippen molar-refractivity contribution < 1.29 is 29.2 Å². The Morgan fingerprint density at radius 2 is 1.75 bits per heavy atom. The van der Waals surface area contributed by atoms with E-state index < -0.39 is 38.5 Å². The van der Waals surface area contributed by atoms with Crippen molar-refractivity contribution in [3.05, 3.63) is 62.2 Å². The first-order valence-corrected chi connectivity index (χ1v) is 8.17. The van der Waals surface area contributed by atoms with E-state index in [4.69, 9.17) is 9.47 Å². The van der Waals surface area contributed by atoms with Gasteiger partial charge in [-0.05, 0) is 12.1 Å². The molecule has 0 atom stereocenters. The van der Waals surface area contributed by atoms with Gasteiger partial charge < -0.3 is 19.5 Å². The number of aromatic carboxylic acids is 1. The highest BCUT2D eigenvalue weighted by Gasteiger charge is 2.29. The number of hydrogen-bond donors (Lipinski definition) is 1. The van der Waals surface area contributed by atoms with E-state index >= 15 is 0 Å². The van der Waals surface area contributed by atoms with Crippen LogP contribution in [0.4, 0.5) is 17.1 Å². The van der Waals surface area contributed by atoms with Crippen LogP contribution in [0.5, 0.6) is 11.5 Å². The summed E-state index contributed by atoms with van der Waals surface area (Å²) in [7, 11) is 0. The van der Waals surface area contributed by atoms with Gasteiger partial charge in [0.05, 0.1) is 29.1 Å². The van der Waals surface area contributed by atoms with Gasteiger partial charge in [-0.25, -0.2) is 4.79 Å². The largest absolute Gasteiger partial charge is 0.477 e. The Balaban J connectivity index is 1.99. The van der Waals surface area contributed by atoms with E-state index in [0.717, 1.165) is 11.8 Å². The van der Waals surface area contributed by atoms with Crippen LogP contribution in [0.1, 0.15) is 10.4 Å². The van der Waals surface area contributed by atoms with Crippen LogP contribution in [-0.2, 0) is 4.74 Å². The summed E-state index contributed by atoms with van der Waals surface area (Å²) in [4.78, 5) is 33.9. The van der Waals surface area contributed by atoms with Crippen molar-refractivity contribution in [2.75, 3.05) is 31.2 Å². The maximum absolute atomic E-state index is 11.3. The molecule has 28 heavy (non-hydrogen) atoms. The molecular formula is C17H15N3O8. The third-order valence-electron chi connectivity index (χ3n) is 4.12. The maximum Gasteiger partial charge on any atom is 0.342 e. The molecule has 1 saturated heterocycles. The summed E-state index contributed by atoms with van der Waals surface area (Å²) in [5.41, 5.74) is -1.47. The minimum Gasteiger partial charge on any atom is -0.477 e. The Hall–Kier alpha value is -3.73. The third-order valence-corrected chi connectivity index (χ3v) is 4.12. The number of nitrogens with zero attached hydrogens (tertiary/aromatic N) is 3. The first-order chi connectivity index (χ1) is 13.4. The van der Waals surface area contributed by atoms with Gasteiger partial charge in [0.25, 0.3) is 5.69 Å². The quantitative estimate of drug-likeness (QED) is 0.582. The molecule has 0 amide bonds. The number of ether oxygens (including phenoxy) is 2. The Morgan fingerprint density at radius 3 is 2.36 bits per heavy atom. The monoisotopic (exact) mass is 389 g/mol. The smallest absolute Gasteiger partial charge is 0.342 e. The number of nitro benzene ring substituents is 2. The molecule has 3 rings (SSSR count). The second-order valence-corrected chi connectivity index (χ2v) is 5.86. The molecule has 1 aliphatic rings. The Labute approximate surface area is 158 Å². The van der Waals surface area contributed by atoms with E-state index in [9.17, 15) is 30.1 Å². The zero-order valence-electron chi connectivity index (χ0n) is 14.4. The number of carboxylic acid groups (broad SMARTS) is 1. The fraction of sp³-hybridized carbons (Fsp3) is 0.235. The number of anilines is 1. The number of benzene rings is 2. The van der Waals surface area contributed by atoms with Gasteiger partial charge in [-0.3, -0.25) is 20.2 Å². The molecule has 1 fully saturated rings. The summed E-state index contributed by atoms with van der Waals surface area (Å²) < 4.78 is 10.8. The first kappa shape index (κ1) is 19.0. The van der Waals surface area contributed by atoms with Gasteiger partial charge in [0, 0.05) is 30.9 Å². The van der Waals surface area contributed by atoms with Crippen LogP contribution >= 0.6 is 0 Å². The molecule has 0 aliphatic carbocycles. The van der Waals surface area contributed by atoms with Crippen molar-refractivity contribution in [2.24, 2.45) is 0 Å². The van der Waals surface area contributed by atoms with Crippen LogP contribution in [0.2, 0.25) is 0 Å². The normalized spacial score (nSPS) is 13.8. The van der Waals surface area contributed by atoms with E-state index in [1.54, 1.807) is 18.2 Å². The highest BCUT2D eigenvalue weighted by Crippen LogP contribution is 2.38. The van der Waals surface area contributed by atoms with Crippen LogP contribution in [0.25, 0.3) is 0 Å². The van der Waals surface area contributed by atoms with Gasteiger partial charge in [0.15, 0.2) is 0 Å². The number of carboxylic acids is 1. The lowest BCUT2D eigenvalue weighted by Crippen LogP contribution is -2.36. The van der Waals surface area contributed by atoms with Crippen LogP contribution in [0.15, 0.2) is 36.4 Å². The van der Waals surface area contributed by atoms with E-state index in [-0.39, 0.29) is 5.75 Å². The lowest BCUT2D eigenvalue weighted by atomic mass is 10.1. The fourth-order valence-electron chi connectivity index (χ4n) is 2.80. The second kappa shape index (κ2) is 7.88. The van der Waals surface area contributed by atoms with E-state index in [0.29, 0.717) is 32.4 Å². The topological polar surface area (TPSA) is 145 Å². The predicted octanol–water partition coefficient (Wildman–Crippen LogP) is 2.83. The van der Waals surface area contributed by atoms with Crippen LogP contribution in [-0.4, -0.2) is 47.2 Å². The number of morpholine rings is 1. The van der Waals surface area contributed by atoms with Crippen molar-refractivity contribution in [1.82, 2.24) is 0 Å². The number of nitro groups is 2. The van der Waals surface area contributed by atoms with Crippen molar-refractivity contribution >= 4 is 23.0 Å². The average molecular weight is 389 g/mol. The van der Waals surface area contributed by atoms with Gasteiger partial charge in [-0.2, -0.15) is 0 Å². The third kappa shape index (κ3) is 3.99. The van der Waals surface area contributed by atoms with Crippen LogP contribution < -0.4 is 9.64 Å². The predicted molar refractivity (Wildman–Crippen MR) is 96.3 cm³/mol. The summed E-state index contributed by atoms with van der Waals surface area (Å²) in [5.74, 6) is -1.75. The molecule has 0 aromatic heterocycles. The summed E-state index contributed by atoms with van der Waals surface area (Å²) in [5, 5.41) is 31.6. The van der Waals surface area contributed by atoms with Crippen LogP contribution in [0, 0.1) is 20.2 Å². The summed E-state index contributed by atoms with van der Waals surface area (Å²) in [6.45, 7) is 2.48. The molecule has 0 radical (unpaired) electrons. The molecule has 0 unspecified atom stereocenters. The Morgan fingerprint density at radius 1 is 1.07 bits per heavy atom. The van der Waals surface area contributed by atoms with Gasteiger partial charge in [-0.15, -0.1) is 0 Å². The molecule has 1 heterocycles. The molecule has 11 nitrogen and oxygen atoms in total. The molecule has 11 heteroatoms.